The standard InChI is InChI=1S/C14H21N3O2/c1-3-16-8-4-5-13(16)10-15-14-7-6-12(17(18)19)9-11(14)2/h6-7,9,13,15H,3-5,8,10H2,1-2H3. The second kappa shape index (κ2) is 6.02. The number of anilines is 1. The molecule has 5 nitrogen and oxygen atoms in total. The molecule has 1 aromatic carbocycles. The molecule has 1 N–H and O–H groups in total. The first-order valence-electron chi connectivity index (χ1n) is 6.84. The van der Waals surface area contributed by atoms with Crippen molar-refractivity contribution in [1.29, 1.82) is 0 Å². The number of aryl methyl sites for hydroxylation is 1. The Bertz CT molecular complexity index is 462. The van der Waals surface area contributed by atoms with Crippen molar-refractivity contribution in [3.8, 4) is 0 Å². The molecule has 0 spiro atoms. The molecule has 0 saturated carbocycles. The number of nitro groups is 1. The Morgan fingerprint density at radius 2 is 2.32 bits per heavy atom. The summed E-state index contributed by atoms with van der Waals surface area (Å²) >= 11 is 0. The lowest BCUT2D eigenvalue weighted by molar-refractivity contribution is -0.384. The molecule has 0 aliphatic carbocycles. The van der Waals surface area contributed by atoms with Crippen LogP contribution in [0.1, 0.15) is 25.3 Å². The quantitative estimate of drug-likeness (QED) is 0.655. The number of nitro benzene ring substituents is 1. The van der Waals surface area contributed by atoms with Crippen LogP contribution in [0.4, 0.5) is 11.4 Å². The van der Waals surface area contributed by atoms with Gasteiger partial charge in [0, 0.05) is 30.4 Å². The van der Waals surface area contributed by atoms with Crippen molar-refractivity contribution in [2.24, 2.45) is 0 Å². The molecule has 1 aromatic rings. The molecule has 0 bridgehead atoms. The minimum absolute atomic E-state index is 0.152. The van der Waals surface area contributed by atoms with Crippen molar-refractivity contribution in [2.75, 3.05) is 25.0 Å². The van der Waals surface area contributed by atoms with Gasteiger partial charge in [0.2, 0.25) is 0 Å². The van der Waals surface area contributed by atoms with Gasteiger partial charge in [-0.15, -0.1) is 0 Å². The van der Waals surface area contributed by atoms with Crippen LogP contribution < -0.4 is 5.32 Å². The average Bonchev–Trinajstić information content (AvgIpc) is 2.84. The summed E-state index contributed by atoms with van der Waals surface area (Å²) in [4.78, 5) is 12.8. The summed E-state index contributed by atoms with van der Waals surface area (Å²) in [5.41, 5.74) is 2.07. The lowest BCUT2D eigenvalue weighted by Crippen LogP contribution is -2.34. The number of hydrogen-bond acceptors (Lipinski definition) is 4. The Labute approximate surface area is 113 Å². The molecule has 1 fully saturated rings. The summed E-state index contributed by atoms with van der Waals surface area (Å²) in [6.07, 6.45) is 2.49. The number of nitrogens with zero attached hydrogens (tertiary/aromatic N) is 2. The van der Waals surface area contributed by atoms with E-state index in [1.807, 2.05) is 6.92 Å². The van der Waals surface area contributed by atoms with E-state index in [1.54, 1.807) is 18.2 Å². The molecule has 1 unspecified atom stereocenters. The molecule has 0 aromatic heterocycles. The van der Waals surface area contributed by atoms with Crippen LogP contribution in [0.3, 0.4) is 0 Å². The average molecular weight is 263 g/mol. The Balaban J connectivity index is 1.98. The molecule has 1 saturated heterocycles. The van der Waals surface area contributed by atoms with Gasteiger partial charge in [-0.1, -0.05) is 6.92 Å². The summed E-state index contributed by atoms with van der Waals surface area (Å²) < 4.78 is 0. The topological polar surface area (TPSA) is 58.4 Å². The van der Waals surface area contributed by atoms with Gasteiger partial charge >= 0.3 is 0 Å². The minimum atomic E-state index is -0.355. The first-order valence-corrected chi connectivity index (χ1v) is 6.84. The number of likely N-dealkylation sites (tertiary alicyclic amines) is 1. The second-order valence-electron chi connectivity index (χ2n) is 5.06. The largest absolute Gasteiger partial charge is 0.383 e. The smallest absolute Gasteiger partial charge is 0.269 e. The third kappa shape index (κ3) is 3.23. The van der Waals surface area contributed by atoms with Crippen molar-refractivity contribution in [1.82, 2.24) is 4.90 Å². The van der Waals surface area contributed by atoms with E-state index in [0.717, 1.165) is 24.3 Å². The molecule has 1 aliphatic heterocycles. The number of non-ortho nitro benzene ring substituents is 1. The van der Waals surface area contributed by atoms with Crippen LogP contribution in [-0.4, -0.2) is 35.5 Å². The van der Waals surface area contributed by atoms with Gasteiger partial charge in [0.05, 0.1) is 4.92 Å². The Hall–Kier alpha value is -1.62. The monoisotopic (exact) mass is 263 g/mol. The van der Waals surface area contributed by atoms with E-state index < -0.39 is 0 Å². The molecule has 2 rings (SSSR count). The molecule has 5 heteroatoms. The van der Waals surface area contributed by atoms with Gasteiger partial charge in [0.25, 0.3) is 5.69 Å². The first-order chi connectivity index (χ1) is 9.11. The SMILES string of the molecule is CCN1CCCC1CNc1ccc([N+](=O)[O-])cc1C. The summed E-state index contributed by atoms with van der Waals surface area (Å²) in [6, 6.07) is 5.56. The van der Waals surface area contributed by atoms with Gasteiger partial charge in [-0.05, 0) is 44.5 Å². The number of rotatable bonds is 5. The lowest BCUT2D eigenvalue weighted by Gasteiger charge is -2.23. The number of nitrogens with one attached hydrogen (secondary N) is 1. The zero-order valence-corrected chi connectivity index (χ0v) is 11.6. The van der Waals surface area contributed by atoms with Crippen LogP contribution in [-0.2, 0) is 0 Å². The second-order valence-corrected chi connectivity index (χ2v) is 5.06. The van der Waals surface area contributed by atoms with E-state index in [4.69, 9.17) is 0 Å². The highest BCUT2D eigenvalue weighted by atomic mass is 16.6. The van der Waals surface area contributed by atoms with E-state index >= 15 is 0 Å². The predicted octanol–water partition coefficient (Wildman–Crippen LogP) is 2.80. The van der Waals surface area contributed by atoms with Crippen molar-refractivity contribution in [2.45, 2.75) is 32.7 Å². The van der Waals surface area contributed by atoms with Gasteiger partial charge in [0.15, 0.2) is 0 Å². The fourth-order valence-corrected chi connectivity index (χ4v) is 2.73. The lowest BCUT2D eigenvalue weighted by atomic mass is 10.1. The first kappa shape index (κ1) is 13.8. The zero-order valence-electron chi connectivity index (χ0n) is 11.6. The number of likely N-dealkylation sites (N-methyl/N-ethyl adjacent to an activating group) is 1. The third-order valence-corrected chi connectivity index (χ3v) is 3.85. The van der Waals surface area contributed by atoms with Crippen LogP contribution in [0.15, 0.2) is 18.2 Å². The molecule has 1 heterocycles. The van der Waals surface area contributed by atoms with E-state index in [9.17, 15) is 10.1 Å². The number of hydrogen-bond donors (Lipinski definition) is 1. The Kier molecular flexibility index (Phi) is 4.37. The maximum Gasteiger partial charge on any atom is 0.269 e. The minimum Gasteiger partial charge on any atom is -0.383 e. The zero-order chi connectivity index (χ0) is 13.8. The van der Waals surface area contributed by atoms with Gasteiger partial charge in [-0.25, -0.2) is 0 Å². The van der Waals surface area contributed by atoms with Gasteiger partial charge in [-0.2, -0.15) is 0 Å². The van der Waals surface area contributed by atoms with Crippen LogP contribution in [0, 0.1) is 17.0 Å². The molecule has 1 atom stereocenters. The summed E-state index contributed by atoms with van der Waals surface area (Å²) in [5, 5.41) is 14.1. The normalized spacial score (nSPS) is 19.6. The molecular weight excluding hydrogens is 242 g/mol. The van der Waals surface area contributed by atoms with Gasteiger partial charge in [-0.3, -0.25) is 15.0 Å². The molecule has 104 valence electrons. The third-order valence-electron chi connectivity index (χ3n) is 3.85. The highest BCUT2D eigenvalue weighted by Crippen LogP contribution is 2.22. The molecule has 0 radical (unpaired) electrons. The molecule has 19 heavy (non-hydrogen) atoms. The molecule has 1 aliphatic rings. The summed E-state index contributed by atoms with van der Waals surface area (Å²) in [5.74, 6) is 0. The molecular formula is C14H21N3O2. The summed E-state index contributed by atoms with van der Waals surface area (Å²) in [7, 11) is 0. The van der Waals surface area contributed by atoms with Crippen LogP contribution in [0.25, 0.3) is 0 Å². The predicted molar refractivity (Wildman–Crippen MR) is 76.6 cm³/mol. The Morgan fingerprint density at radius 3 is 2.95 bits per heavy atom. The maximum atomic E-state index is 10.7. The fourth-order valence-electron chi connectivity index (χ4n) is 2.73. The fraction of sp³-hybridized carbons (Fsp3) is 0.571. The highest BCUT2D eigenvalue weighted by molar-refractivity contribution is 5.55. The van der Waals surface area contributed by atoms with Crippen LogP contribution in [0.5, 0.6) is 0 Å². The van der Waals surface area contributed by atoms with E-state index in [1.165, 1.54) is 19.4 Å². The van der Waals surface area contributed by atoms with Crippen molar-refractivity contribution in [3.63, 3.8) is 0 Å². The van der Waals surface area contributed by atoms with E-state index in [2.05, 4.69) is 17.1 Å². The van der Waals surface area contributed by atoms with Crippen molar-refractivity contribution < 1.29 is 4.92 Å². The highest BCUT2D eigenvalue weighted by Gasteiger charge is 2.22. The van der Waals surface area contributed by atoms with Gasteiger partial charge in [0.1, 0.15) is 0 Å². The van der Waals surface area contributed by atoms with E-state index in [0.29, 0.717) is 6.04 Å². The van der Waals surface area contributed by atoms with Crippen LogP contribution in [0.2, 0.25) is 0 Å². The summed E-state index contributed by atoms with van der Waals surface area (Å²) in [6.45, 7) is 7.27. The maximum absolute atomic E-state index is 10.7. The molecule has 0 amide bonds. The van der Waals surface area contributed by atoms with Crippen molar-refractivity contribution >= 4 is 11.4 Å². The van der Waals surface area contributed by atoms with Crippen molar-refractivity contribution in [3.05, 3.63) is 33.9 Å². The Morgan fingerprint density at radius 1 is 1.53 bits per heavy atom. The van der Waals surface area contributed by atoms with E-state index in [-0.39, 0.29) is 10.6 Å². The number of benzene rings is 1. The van der Waals surface area contributed by atoms with Gasteiger partial charge < -0.3 is 5.32 Å². The van der Waals surface area contributed by atoms with Crippen LogP contribution >= 0.6 is 0 Å².